The Bertz CT molecular complexity index is 783. The molecule has 8 heteroatoms. The highest BCUT2D eigenvalue weighted by Crippen LogP contribution is 2.34. The van der Waals surface area contributed by atoms with Crippen LogP contribution in [0.15, 0.2) is 36.4 Å². The van der Waals surface area contributed by atoms with Gasteiger partial charge in [0.05, 0.1) is 11.5 Å². The number of nitro benzene ring substituents is 1. The molecule has 158 valence electrons. The molecule has 7 nitrogen and oxygen atoms in total. The maximum atomic E-state index is 10.8. The van der Waals surface area contributed by atoms with Crippen LogP contribution < -0.4 is 14.8 Å². The number of halogens is 1. The zero-order valence-corrected chi connectivity index (χ0v) is 17.5. The van der Waals surface area contributed by atoms with Crippen molar-refractivity contribution in [1.29, 1.82) is 0 Å². The van der Waals surface area contributed by atoms with E-state index in [9.17, 15) is 10.1 Å². The number of hydrogen-bond donors (Lipinski definition) is 1. The molecule has 0 spiro atoms. The largest absolute Gasteiger partial charge is 0.490 e. The van der Waals surface area contributed by atoms with Crippen molar-refractivity contribution in [1.82, 2.24) is 5.32 Å². The fourth-order valence-electron chi connectivity index (χ4n) is 2.64. The van der Waals surface area contributed by atoms with Crippen LogP contribution >= 0.6 is 11.6 Å². The predicted molar refractivity (Wildman–Crippen MR) is 113 cm³/mol. The second-order valence-electron chi connectivity index (χ2n) is 6.26. The summed E-state index contributed by atoms with van der Waals surface area (Å²) in [6, 6.07) is 9.87. The van der Waals surface area contributed by atoms with E-state index in [4.69, 9.17) is 25.8 Å². The molecule has 0 saturated heterocycles. The molecule has 0 aliphatic heterocycles. The van der Waals surface area contributed by atoms with Crippen LogP contribution in [0.4, 0.5) is 5.69 Å². The summed E-state index contributed by atoms with van der Waals surface area (Å²) in [5.74, 6) is 1.15. The van der Waals surface area contributed by atoms with Gasteiger partial charge in [0.1, 0.15) is 6.61 Å². The Balaban J connectivity index is 1.99. The van der Waals surface area contributed by atoms with Gasteiger partial charge in [-0.2, -0.15) is 0 Å². The third-order valence-corrected chi connectivity index (χ3v) is 4.47. The highest BCUT2D eigenvalue weighted by Gasteiger charge is 2.12. The molecule has 0 atom stereocenters. The summed E-state index contributed by atoms with van der Waals surface area (Å²) >= 11 is 6.43. The normalized spacial score (nSPS) is 10.7. The van der Waals surface area contributed by atoms with E-state index in [-0.39, 0.29) is 12.3 Å². The van der Waals surface area contributed by atoms with Gasteiger partial charge in [-0.05, 0) is 56.1 Å². The van der Waals surface area contributed by atoms with Gasteiger partial charge in [-0.15, -0.1) is 0 Å². The molecule has 2 rings (SSSR count). The smallest absolute Gasteiger partial charge is 0.269 e. The molecule has 0 fully saturated rings. The summed E-state index contributed by atoms with van der Waals surface area (Å²) in [7, 11) is 0. The minimum atomic E-state index is -0.429. The molecule has 0 aromatic heterocycles. The van der Waals surface area contributed by atoms with Crippen molar-refractivity contribution in [3.05, 3.63) is 62.7 Å². The Hall–Kier alpha value is -2.35. The molecule has 1 N–H and O–H groups in total. The molecular weight excluding hydrogens is 396 g/mol. The molecule has 2 aromatic carbocycles. The van der Waals surface area contributed by atoms with Gasteiger partial charge < -0.3 is 19.5 Å². The molecule has 0 saturated carbocycles. The molecule has 0 aliphatic rings. The Morgan fingerprint density at radius 2 is 1.79 bits per heavy atom. The van der Waals surface area contributed by atoms with Crippen molar-refractivity contribution in [2.24, 2.45) is 0 Å². The number of nitrogens with one attached hydrogen (secondary N) is 1. The van der Waals surface area contributed by atoms with Gasteiger partial charge in [-0.25, -0.2) is 0 Å². The second-order valence-corrected chi connectivity index (χ2v) is 6.67. The predicted octanol–water partition coefficient (Wildman–Crippen LogP) is 4.74. The number of nitro groups is 1. The number of nitrogens with zero attached hydrogens (tertiary/aromatic N) is 1. The van der Waals surface area contributed by atoms with E-state index in [1.807, 2.05) is 19.9 Å². The summed E-state index contributed by atoms with van der Waals surface area (Å²) in [4.78, 5) is 10.3. The van der Waals surface area contributed by atoms with Gasteiger partial charge in [0, 0.05) is 43.0 Å². The third-order valence-electron chi connectivity index (χ3n) is 4.12. The summed E-state index contributed by atoms with van der Waals surface area (Å²) in [6.45, 7) is 7.54. The molecular formula is C21H27ClN2O5. The van der Waals surface area contributed by atoms with Crippen LogP contribution in [0, 0.1) is 10.1 Å². The number of benzene rings is 2. The van der Waals surface area contributed by atoms with Crippen molar-refractivity contribution < 1.29 is 19.1 Å². The Morgan fingerprint density at radius 1 is 1.07 bits per heavy atom. The first kappa shape index (κ1) is 22.9. The van der Waals surface area contributed by atoms with E-state index in [1.54, 1.807) is 18.2 Å². The zero-order valence-electron chi connectivity index (χ0n) is 16.8. The van der Waals surface area contributed by atoms with Gasteiger partial charge in [0.2, 0.25) is 0 Å². The summed E-state index contributed by atoms with van der Waals surface area (Å²) in [5.41, 5.74) is 1.79. The molecule has 0 unspecified atom stereocenters. The zero-order chi connectivity index (χ0) is 21.1. The average Bonchev–Trinajstić information content (AvgIpc) is 2.71. The molecule has 0 aliphatic carbocycles. The van der Waals surface area contributed by atoms with E-state index in [0.717, 1.165) is 37.3 Å². The third kappa shape index (κ3) is 7.53. The van der Waals surface area contributed by atoms with Crippen LogP contribution in [0.2, 0.25) is 5.02 Å². The first-order valence-corrected chi connectivity index (χ1v) is 10.0. The maximum Gasteiger partial charge on any atom is 0.269 e. The van der Waals surface area contributed by atoms with Gasteiger partial charge in [-0.3, -0.25) is 10.1 Å². The lowest BCUT2D eigenvalue weighted by Crippen LogP contribution is -2.16. The van der Waals surface area contributed by atoms with E-state index in [0.29, 0.717) is 29.7 Å². The maximum absolute atomic E-state index is 10.8. The molecule has 0 radical (unpaired) electrons. The fourth-order valence-corrected chi connectivity index (χ4v) is 2.86. The van der Waals surface area contributed by atoms with Gasteiger partial charge in [0.25, 0.3) is 5.69 Å². The summed E-state index contributed by atoms with van der Waals surface area (Å²) in [6.07, 6.45) is 0.931. The van der Waals surface area contributed by atoms with Crippen molar-refractivity contribution in [2.75, 3.05) is 26.4 Å². The molecule has 29 heavy (non-hydrogen) atoms. The Morgan fingerprint density at radius 3 is 2.45 bits per heavy atom. The van der Waals surface area contributed by atoms with E-state index < -0.39 is 4.92 Å². The number of non-ortho nitro benzene ring substituents is 1. The number of rotatable bonds is 13. The SMILES string of the molecule is CCOCCCNCc1cc(OCC)c(OCc2ccc([N+](=O)[O-])cc2)cc1Cl. The van der Waals surface area contributed by atoms with E-state index in [1.165, 1.54) is 12.1 Å². The molecule has 0 bridgehead atoms. The van der Waals surface area contributed by atoms with Crippen molar-refractivity contribution in [2.45, 2.75) is 33.4 Å². The van der Waals surface area contributed by atoms with Crippen LogP contribution in [0.3, 0.4) is 0 Å². The summed E-state index contributed by atoms with van der Waals surface area (Å²) < 4.78 is 16.9. The van der Waals surface area contributed by atoms with Gasteiger partial charge in [0.15, 0.2) is 11.5 Å². The van der Waals surface area contributed by atoms with E-state index in [2.05, 4.69) is 5.32 Å². The van der Waals surface area contributed by atoms with Crippen LogP contribution in [-0.4, -0.2) is 31.3 Å². The second kappa shape index (κ2) is 12.3. The fraction of sp³-hybridized carbons (Fsp3) is 0.429. The lowest BCUT2D eigenvalue weighted by atomic mass is 10.2. The highest BCUT2D eigenvalue weighted by molar-refractivity contribution is 6.31. The average molecular weight is 423 g/mol. The van der Waals surface area contributed by atoms with Crippen LogP contribution in [-0.2, 0) is 17.9 Å². The first-order chi connectivity index (χ1) is 14.0. The van der Waals surface area contributed by atoms with Crippen molar-refractivity contribution >= 4 is 17.3 Å². The topological polar surface area (TPSA) is 82.9 Å². The van der Waals surface area contributed by atoms with Gasteiger partial charge in [-0.1, -0.05) is 11.6 Å². The van der Waals surface area contributed by atoms with Crippen molar-refractivity contribution in [3.8, 4) is 11.5 Å². The van der Waals surface area contributed by atoms with Crippen LogP contribution in [0.25, 0.3) is 0 Å². The summed E-state index contributed by atoms with van der Waals surface area (Å²) in [5, 5.41) is 14.7. The van der Waals surface area contributed by atoms with Gasteiger partial charge >= 0.3 is 0 Å². The Labute approximate surface area is 176 Å². The minimum absolute atomic E-state index is 0.0462. The van der Waals surface area contributed by atoms with E-state index >= 15 is 0 Å². The molecule has 2 aromatic rings. The highest BCUT2D eigenvalue weighted by atomic mass is 35.5. The Kier molecular flexibility index (Phi) is 9.70. The van der Waals surface area contributed by atoms with Crippen molar-refractivity contribution in [3.63, 3.8) is 0 Å². The number of ether oxygens (including phenoxy) is 3. The quantitative estimate of drug-likeness (QED) is 0.285. The standard InChI is InChI=1S/C21H27ClN2O5/c1-3-27-11-5-10-23-14-17-12-20(28-4-2)21(13-19(17)22)29-15-16-6-8-18(9-7-16)24(25)26/h6-9,12-13,23H,3-5,10-11,14-15H2,1-2H3. The molecule has 0 amide bonds. The lowest BCUT2D eigenvalue weighted by molar-refractivity contribution is -0.384. The minimum Gasteiger partial charge on any atom is -0.490 e. The lowest BCUT2D eigenvalue weighted by Gasteiger charge is -2.15. The van der Waals surface area contributed by atoms with Crippen LogP contribution in [0.1, 0.15) is 31.4 Å². The van der Waals surface area contributed by atoms with Crippen LogP contribution in [0.5, 0.6) is 11.5 Å². The monoisotopic (exact) mass is 422 g/mol. The molecule has 0 heterocycles. The number of hydrogen-bond acceptors (Lipinski definition) is 6. The first-order valence-electron chi connectivity index (χ1n) is 9.65.